The second-order valence-electron chi connectivity index (χ2n) is 6.98. The zero-order valence-electron chi connectivity index (χ0n) is 13.2. The molecule has 1 nitrogen and oxygen atoms in total. The van der Waals surface area contributed by atoms with Crippen LogP contribution in [-0.4, -0.2) is 18.8 Å². The van der Waals surface area contributed by atoms with Gasteiger partial charge in [-0.3, -0.25) is 0 Å². The van der Waals surface area contributed by atoms with Crippen molar-refractivity contribution in [2.75, 3.05) is 18.8 Å². The summed E-state index contributed by atoms with van der Waals surface area (Å²) in [6, 6.07) is 9.08. The van der Waals surface area contributed by atoms with Gasteiger partial charge in [-0.15, -0.1) is 11.8 Å². The third-order valence-corrected chi connectivity index (χ3v) is 5.19. The summed E-state index contributed by atoms with van der Waals surface area (Å²) in [5.74, 6) is 2.12. The van der Waals surface area contributed by atoms with Gasteiger partial charge in [-0.1, -0.05) is 45.7 Å². The van der Waals surface area contributed by atoms with E-state index in [0.717, 1.165) is 12.5 Å². The monoisotopic (exact) mass is 291 g/mol. The van der Waals surface area contributed by atoms with E-state index in [1.807, 2.05) is 11.8 Å². The first kappa shape index (κ1) is 15.9. The molecule has 1 saturated carbocycles. The smallest absolute Gasteiger partial charge is 0.0106 e. The summed E-state index contributed by atoms with van der Waals surface area (Å²) >= 11 is 1.96. The van der Waals surface area contributed by atoms with E-state index < -0.39 is 0 Å². The van der Waals surface area contributed by atoms with Gasteiger partial charge in [0.05, 0.1) is 0 Å². The van der Waals surface area contributed by atoms with Crippen LogP contribution in [0, 0.1) is 5.92 Å². The highest BCUT2D eigenvalue weighted by Gasteiger charge is 2.14. The van der Waals surface area contributed by atoms with Crippen molar-refractivity contribution >= 4 is 11.8 Å². The van der Waals surface area contributed by atoms with Crippen molar-refractivity contribution in [3.63, 3.8) is 0 Å². The Morgan fingerprint density at radius 2 is 1.75 bits per heavy atom. The fourth-order valence-electron chi connectivity index (χ4n) is 2.81. The Bertz CT molecular complexity index is 385. The average Bonchev–Trinajstić information content (AvgIpc) is 2.91. The molecule has 0 aromatic heterocycles. The first-order valence-electron chi connectivity index (χ1n) is 8.00. The van der Waals surface area contributed by atoms with Gasteiger partial charge in [0.1, 0.15) is 0 Å². The molecule has 1 aliphatic carbocycles. The number of hydrogen-bond acceptors (Lipinski definition) is 2. The molecule has 0 atom stereocenters. The molecular formula is C18H29NS. The van der Waals surface area contributed by atoms with E-state index in [1.54, 1.807) is 0 Å². The van der Waals surface area contributed by atoms with Crippen LogP contribution < -0.4 is 5.32 Å². The molecule has 1 fully saturated rings. The van der Waals surface area contributed by atoms with Gasteiger partial charge in [-0.2, -0.15) is 0 Å². The van der Waals surface area contributed by atoms with Crippen LogP contribution >= 0.6 is 11.8 Å². The fraction of sp³-hybridized carbons (Fsp3) is 0.667. The van der Waals surface area contributed by atoms with Crippen LogP contribution in [0.2, 0.25) is 0 Å². The van der Waals surface area contributed by atoms with Crippen molar-refractivity contribution in [1.82, 2.24) is 5.32 Å². The number of rotatable bonds is 6. The Morgan fingerprint density at radius 1 is 1.10 bits per heavy atom. The molecule has 0 amide bonds. The third kappa shape index (κ3) is 5.14. The van der Waals surface area contributed by atoms with Gasteiger partial charge in [0.25, 0.3) is 0 Å². The van der Waals surface area contributed by atoms with Crippen molar-refractivity contribution in [2.24, 2.45) is 5.92 Å². The van der Waals surface area contributed by atoms with E-state index in [1.165, 1.54) is 48.4 Å². The predicted molar refractivity (Wildman–Crippen MR) is 90.7 cm³/mol. The van der Waals surface area contributed by atoms with E-state index in [9.17, 15) is 0 Å². The summed E-state index contributed by atoms with van der Waals surface area (Å²) < 4.78 is 0. The zero-order chi connectivity index (χ0) is 14.4. The van der Waals surface area contributed by atoms with E-state index >= 15 is 0 Å². The van der Waals surface area contributed by atoms with Gasteiger partial charge in [0, 0.05) is 17.2 Å². The van der Waals surface area contributed by atoms with Crippen LogP contribution in [0.25, 0.3) is 0 Å². The molecule has 0 radical (unpaired) electrons. The molecule has 0 unspecified atom stereocenters. The largest absolute Gasteiger partial charge is 0.316 e. The molecule has 20 heavy (non-hydrogen) atoms. The first-order valence-corrected chi connectivity index (χ1v) is 8.98. The molecule has 0 aliphatic heterocycles. The fourth-order valence-corrected chi connectivity index (χ4v) is 3.62. The summed E-state index contributed by atoms with van der Waals surface area (Å²) in [6.07, 6.45) is 5.77. The molecule has 1 aromatic rings. The van der Waals surface area contributed by atoms with Crippen LogP contribution in [0.15, 0.2) is 29.2 Å². The highest BCUT2D eigenvalue weighted by Crippen LogP contribution is 2.26. The Labute approximate surface area is 128 Å². The lowest BCUT2D eigenvalue weighted by Crippen LogP contribution is -2.23. The molecule has 1 N–H and O–H groups in total. The topological polar surface area (TPSA) is 12.0 Å². The minimum atomic E-state index is 0.256. The minimum Gasteiger partial charge on any atom is -0.316 e. The number of hydrogen-bond donors (Lipinski definition) is 1. The summed E-state index contributed by atoms with van der Waals surface area (Å²) in [5, 5.41) is 3.61. The standard InChI is InChI=1S/C18H29NS/c1-18(2,3)16-8-10-17(11-9-16)20-13-12-19-14-15-6-4-5-7-15/h8-11,15,19H,4-7,12-14H2,1-3H3. The summed E-state index contributed by atoms with van der Waals surface area (Å²) in [7, 11) is 0. The van der Waals surface area contributed by atoms with Crippen molar-refractivity contribution < 1.29 is 0 Å². The van der Waals surface area contributed by atoms with Gasteiger partial charge in [-0.25, -0.2) is 0 Å². The number of benzene rings is 1. The summed E-state index contributed by atoms with van der Waals surface area (Å²) in [5.41, 5.74) is 1.67. The summed E-state index contributed by atoms with van der Waals surface area (Å²) in [4.78, 5) is 1.39. The van der Waals surface area contributed by atoms with Crippen molar-refractivity contribution in [1.29, 1.82) is 0 Å². The zero-order valence-corrected chi connectivity index (χ0v) is 14.1. The maximum atomic E-state index is 3.61. The van der Waals surface area contributed by atoms with E-state index in [0.29, 0.717) is 0 Å². The van der Waals surface area contributed by atoms with Gasteiger partial charge in [0.2, 0.25) is 0 Å². The summed E-state index contributed by atoms with van der Waals surface area (Å²) in [6.45, 7) is 9.15. The molecule has 2 heteroatoms. The molecule has 0 bridgehead atoms. The van der Waals surface area contributed by atoms with Crippen LogP contribution in [0.5, 0.6) is 0 Å². The molecule has 112 valence electrons. The SMILES string of the molecule is CC(C)(C)c1ccc(SCCNCC2CCCC2)cc1. The Balaban J connectivity index is 1.64. The lowest BCUT2D eigenvalue weighted by atomic mass is 9.87. The average molecular weight is 292 g/mol. The maximum Gasteiger partial charge on any atom is 0.0106 e. The molecule has 1 aromatic carbocycles. The van der Waals surface area contributed by atoms with Crippen molar-refractivity contribution in [3.8, 4) is 0 Å². The molecule has 0 heterocycles. The minimum absolute atomic E-state index is 0.256. The van der Waals surface area contributed by atoms with Gasteiger partial charge in [0.15, 0.2) is 0 Å². The van der Waals surface area contributed by atoms with Crippen LogP contribution in [0.1, 0.15) is 52.0 Å². The normalized spacial score (nSPS) is 16.8. The van der Waals surface area contributed by atoms with Crippen LogP contribution in [-0.2, 0) is 5.41 Å². The Kier molecular flexibility index (Phi) is 5.98. The van der Waals surface area contributed by atoms with E-state index in [2.05, 4.69) is 50.4 Å². The Hall–Kier alpha value is -0.470. The van der Waals surface area contributed by atoms with E-state index in [-0.39, 0.29) is 5.41 Å². The lowest BCUT2D eigenvalue weighted by Gasteiger charge is -2.19. The van der Waals surface area contributed by atoms with Crippen LogP contribution in [0.4, 0.5) is 0 Å². The van der Waals surface area contributed by atoms with Gasteiger partial charge in [-0.05, 0) is 48.4 Å². The molecule has 0 saturated heterocycles. The van der Waals surface area contributed by atoms with Crippen molar-refractivity contribution in [3.05, 3.63) is 29.8 Å². The van der Waals surface area contributed by atoms with Gasteiger partial charge >= 0.3 is 0 Å². The predicted octanol–water partition coefficient (Wildman–Crippen LogP) is 4.86. The Morgan fingerprint density at radius 3 is 2.35 bits per heavy atom. The number of thioether (sulfide) groups is 1. The van der Waals surface area contributed by atoms with Gasteiger partial charge < -0.3 is 5.32 Å². The molecule has 2 rings (SSSR count). The lowest BCUT2D eigenvalue weighted by molar-refractivity contribution is 0.500. The molecular weight excluding hydrogens is 262 g/mol. The quantitative estimate of drug-likeness (QED) is 0.593. The third-order valence-electron chi connectivity index (χ3n) is 4.18. The number of nitrogens with one attached hydrogen (secondary N) is 1. The van der Waals surface area contributed by atoms with E-state index in [4.69, 9.17) is 0 Å². The highest BCUT2D eigenvalue weighted by molar-refractivity contribution is 7.99. The molecule has 1 aliphatic rings. The first-order chi connectivity index (χ1) is 9.55. The van der Waals surface area contributed by atoms with Crippen LogP contribution in [0.3, 0.4) is 0 Å². The molecule has 0 spiro atoms. The second kappa shape index (κ2) is 7.51. The highest BCUT2D eigenvalue weighted by atomic mass is 32.2. The maximum absolute atomic E-state index is 3.61. The van der Waals surface area contributed by atoms with Crippen molar-refractivity contribution in [2.45, 2.75) is 56.8 Å². The second-order valence-corrected chi connectivity index (χ2v) is 8.15.